The number of fused-ring (bicyclic) bond motifs is 1. The molecule has 0 radical (unpaired) electrons. The number of nitrogens with two attached hydrogens (primary N) is 1. The molecule has 3 amide bonds. The van der Waals surface area contributed by atoms with Crippen molar-refractivity contribution in [1.82, 2.24) is 10.6 Å². The summed E-state index contributed by atoms with van der Waals surface area (Å²) in [7, 11) is 0. The number of imide groups is 1. The molecule has 4 N–H and O–H groups in total. The van der Waals surface area contributed by atoms with Crippen LogP contribution in [0, 0.1) is 0 Å². The summed E-state index contributed by atoms with van der Waals surface area (Å²) in [6, 6.07) is 7.67. The number of para-hydroxylation sites is 1. The molecule has 0 aliphatic carbocycles. The molecular weight excluding hydrogens is 256 g/mol. The molecule has 1 aliphatic heterocycles. The topological polar surface area (TPSA) is 87.5 Å². The lowest BCUT2D eigenvalue weighted by Gasteiger charge is -2.26. The van der Waals surface area contributed by atoms with E-state index >= 15 is 0 Å². The number of nitrogens with one attached hydrogen (secondary N) is 2. The number of carbonyl (C=O) groups is 2. The van der Waals surface area contributed by atoms with Gasteiger partial charge in [0.25, 0.3) is 0 Å². The quantitative estimate of drug-likeness (QED) is 0.753. The largest absolute Gasteiger partial charge is 0.369 e. The Morgan fingerprint density at radius 2 is 2.20 bits per heavy atom. The van der Waals surface area contributed by atoms with Crippen LogP contribution in [0.3, 0.4) is 0 Å². The van der Waals surface area contributed by atoms with Gasteiger partial charge in [0.15, 0.2) is 0 Å². The van der Waals surface area contributed by atoms with Crippen molar-refractivity contribution in [2.45, 2.75) is 25.9 Å². The fourth-order valence-corrected chi connectivity index (χ4v) is 2.39. The van der Waals surface area contributed by atoms with Gasteiger partial charge < -0.3 is 16.0 Å². The second-order valence-corrected chi connectivity index (χ2v) is 5.02. The lowest BCUT2D eigenvalue weighted by Crippen LogP contribution is -2.40. The van der Waals surface area contributed by atoms with Crippen LogP contribution in [0.5, 0.6) is 0 Å². The molecule has 1 aromatic rings. The van der Waals surface area contributed by atoms with Crippen molar-refractivity contribution >= 4 is 17.6 Å². The molecule has 20 heavy (non-hydrogen) atoms. The third kappa shape index (κ3) is 3.71. The average Bonchev–Trinajstić information content (AvgIpc) is 2.56. The Morgan fingerprint density at radius 3 is 2.95 bits per heavy atom. The van der Waals surface area contributed by atoms with Crippen LogP contribution in [0.25, 0.3) is 0 Å². The first-order chi connectivity index (χ1) is 9.56. The number of anilines is 1. The zero-order chi connectivity index (χ0) is 14.5. The summed E-state index contributed by atoms with van der Waals surface area (Å²) in [5, 5.41) is 5.52. The van der Waals surface area contributed by atoms with Crippen molar-refractivity contribution < 1.29 is 9.59 Å². The summed E-state index contributed by atoms with van der Waals surface area (Å²) in [5.74, 6) is -0.347. The van der Waals surface area contributed by atoms with E-state index in [2.05, 4.69) is 34.6 Å². The van der Waals surface area contributed by atoms with E-state index < -0.39 is 6.03 Å². The number of carbonyl (C=O) groups excluding carboxylic acids is 2. The molecule has 6 nitrogen and oxygen atoms in total. The van der Waals surface area contributed by atoms with Gasteiger partial charge in [0.2, 0.25) is 5.91 Å². The molecule has 108 valence electrons. The first-order valence-corrected chi connectivity index (χ1v) is 6.72. The van der Waals surface area contributed by atoms with Gasteiger partial charge in [0.1, 0.15) is 0 Å². The van der Waals surface area contributed by atoms with E-state index in [-0.39, 0.29) is 12.3 Å². The fraction of sp³-hybridized carbons (Fsp3) is 0.429. The van der Waals surface area contributed by atoms with Crippen LogP contribution >= 0.6 is 0 Å². The lowest BCUT2D eigenvalue weighted by atomic mass is 10.1. The van der Waals surface area contributed by atoms with Crippen LogP contribution in [0.15, 0.2) is 24.3 Å². The van der Waals surface area contributed by atoms with Gasteiger partial charge in [-0.2, -0.15) is 0 Å². The molecule has 1 heterocycles. The summed E-state index contributed by atoms with van der Waals surface area (Å²) >= 11 is 0. The highest BCUT2D eigenvalue weighted by Gasteiger charge is 2.19. The molecular formula is C14H20N4O2. The Balaban J connectivity index is 2.05. The molecule has 6 heteroatoms. The van der Waals surface area contributed by atoms with Gasteiger partial charge in [0.05, 0.1) is 0 Å². The maximum Gasteiger partial charge on any atom is 0.318 e. The van der Waals surface area contributed by atoms with Crippen LogP contribution < -0.4 is 21.3 Å². The molecule has 0 spiro atoms. The van der Waals surface area contributed by atoms with Gasteiger partial charge >= 0.3 is 6.03 Å². The third-order valence-electron chi connectivity index (χ3n) is 3.34. The van der Waals surface area contributed by atoms with Crippen molar-refractivity contribution in [2.75, 3.05) is 18.0 Å². The first kappa shape index (κ1) is 14.3. The highest BCUT2D eigenvalue weighted by Crippen LogP contribution is 2.23. The molecule has 1 unspecified atom stereocenters. The molecule has 0 aromatic heterocycles. The Labute approximate surface area is 118 Å². The fourth-order valence-electron chi connectivity index (χ4n) is 2.39. The average molecular weight is 276 g/mol. The molecule has 0 saturated heterocycles. The van der Waals surface area contributed by atoms with E-state index in [0.29, 0.717) is 12.6 Å². The van der Waals surface area contributed by atoms with E-state index in [0.717, 1.165) is 18.8 Å². The molecule has 0 fully saturated rings. The summed E-state index contributed by atoms with van der Waals surface area (Å²) in [6.45, 7) is 4.31. The van der Waals surface area contributed by atoms with Gasteiger partial charge in [-0.25, -0.2) is 4.79 Å². The van der Waals surface area contributed by atoms with Gasteiger partial charge in [-0.3, -0.25) is 10.1 Å². The number of primary amides is 1. The zero-order valence-corrected chi connectivity index (χ0v) is 11.6. The standard InChI is InChI=1S/C14H20N4O2/c1-10-9-18(7-6-13(19)17-14(15)20)12-5-3-2-4-11(12)8-16-10/h2-5,10,16H,6-9H2,1H3,(H3,15,17,19,20). The van der Waals surface area contributed by atoms with Crippen molar-refractivity contribution in [2.24, 2.45) is 5.73 Å². The predicted octanol–water partition coefficient (Wildman–Crippen LogP) is 0.570. The minimum absolute atomic E-state index is 0.240. The first-order valence-electron chi connectivity index (χ1n) is 6.72. The van der Waals surface area contributed by atoms with Crippen LogP contribution in [-0.2, 0) is 11.3 Å². The number of hydrogen-bond donors (Lipinski definition) is 3. The highest BCUT2D eigenvalue weighted by molar-refractivity contribution is 5.93. The maximum atomic E-state index is 11.5. The molecule has 1 aliphatic rings. The second-order valence-electron chi connectivity index (χ2n) is 5.02. The number of rotatable bonds is 3. The van der Waals surface area contributed by atoms with E-state index in [1.807, 2.05) is 12.1 Å². The van der Waals surface area contributed by atoms with Crippen LogP contribution in [-0.4, -0.2) is 31.1 Å². The van der Waals surface area contributed by atoms with Gasteiger partial charge in [-0.1, -0.05) is 18.2 Å². The normalized spacial score (nSPS) is 18.1. The van der Waals surface area contributed by atoms with Gasteiger partial charge in [-0.15, -0.1) is 0 Å². The van der Waals surface area contributed by atoms with Crippen molar-refractivity contribution in [3.05, 3.63) is 29.8 Å². The monoisotopic (exact) mass is 276 g/mol. The zero-order valence-electron chi connectivity index (χ0n) is 11.6. The number of hydrogen-bond acceptors (Lipinski definition) is 4. The number of urea groups is 1. The number of nitrogens with zero attached hydrogens (tertiary/aromatic N) is 1. The van der Waals surface area contributed by atoms with E-state index in [1.54, 1.807) is 0 Å². The Bertz CT molecular complexity index is 504. The summed E-state index contributed by atoms with van der Waals surface area (Å²) in [6.07, 6.45) is 0.240. The Morgan fingerprint density at radius 1 is 1.45 bits per heavy atom. The molecule has 0 saturated carbocycles. The Hall–Kier alpha value is -2.08. The van der Waals surface area contributed by atoms with Crippen molar-refractivity contribution in [3.63, 3.8) is 0 Å². The summed E-state index contributed by atoms with van der Waals surface area (Å²) in [5.41, 5.74) is 7.28. The smallest absolute Gasteiger partial charge is 0.318 e. The third-order valence-corrected chi connectivity index (χ3v) is 3.34. The number of amides is 3. The number of benzene rings is 1. The molecule has 0 bridgehead atoms. The van der Waals surface area contributed by atoms with Crippen molar-refractivity contribution in [3.8, 4) is 0 Å². The van der Waals surface area contributed by atoms with Crippen LogP contribution in [0.1, 0.15) is 18.9 Å². The summed E-state index contributed by atoms with van der Waals surface area (Å²) < 4.78 is 0. The highest BCUT2D eigenvalue weighted by atomic mass is 16.2. The van der Waals surface area contributed by atoms with E-state index in [1.165, 1.54) is 5.56 Å². The molecule has 1 aromatic carbocycles. The SMILES string of the molecule is CC1CN(CCC(=O)NC(N)=O)c2ccccc2CN1. The maximum absolute atomic E-state index is 11.5. The van der Waals surface area contributed by atoms with Gasteiger partial charge in [0, 0.05) is 37.8 Å². The predicted molar refractivity (Wildman–Crippen MR) is 77.3 cm³/mol. The van der Waals surface area contributed by atoms with Crippen molar-refractivity contribution in [1.29, 1.82) is 0 Å². The lowest BCUT2D eigenvalue weighted by molar-refractivity contribution is -0.119. The van der Waals surface area contributed by atoms with Crippen LogP contribution in [0.4, 0.5) is 10.5 Å². The second kappa shape index (κ2) is 6.38. The summed E-state index contributed by atoms with van der Waals surface area (Å²) in [4.78, 5) is 24.3. The molecule has 1 atom stereocenters. The van der Waals surface area contributed by atoms with E-state index in [9.17, 15) is 9.59 Å². The molecule has 2 rings (SSSR count). The van der Waals surface area contributed by atoms with E-state index in [4.69, 9.17) is 5.73 Å². The minimum atomic E-state index is -0.804. The minimum Gasteiger partial charge on any atom is -0.369 e. The van der Waals surface area contributed by atoms with Crippen LogP contribution in [0.2, 0.25) is 0 Å². The Kier molecular flexibility index (Phi) is 4.57. The van der Waals surface area contributed by atoms with Gasteiger partial charge in [-0.05, 0) is 18.6 Å².